The van der Waals surface area contributed by atoms with Crippen LogP contribution in [0.4, 0.5) is 0 Å². The van der Waals surface area contributed by atoms with E-state index in [1.165, 1.54) is 0 Å². The van der Waals surface area contributed by atoms with Crippen molar-refractivity contribution in [2.45, 2.75) is 39.0 Å². The van der Waals surface area contributed by atoms with Crippen molar-refractivity contribution in [3.05, 3.63) is 0 Å². The van der Waals surface area contributed by atoms with Gasteiger partial charge in [-0.1, -0.05) is 13.3 Å². The summed E-state index contributed by atoms with van der Waals surface area (Å²) >= 11 is 0. The molecule has 0 aromatic rings. The summed E-state index contributed by atoms with van der Waals surface area (Å²) in [5.41, 5.74) is 0. The quantitative estimate of drug-likeness (QED) is 0.533. The lowest BCUT2D eigenvalue weighted by Gasteiger charge is -2.20. The molecule has 1 saturated heterocycles. The fraction of sp³-hybridized carbons (Fsp3) is 0.818. The van der Waals surface area contributed by atoms with E-state index >= 15 is 0 Å². The molecule has 1 fully saturated rings. The minimum Gasteiger partial charge on any atom is -0.381 e. The van der Waals surface area contributed by atoms with Gasteiger partial charge in [0.2, 0.25) is 11.8 Å². The molecule has 86 valence electrons. The maximum atomic E-state index is 11.3. The van der Waals surface area contributed by atoms with Gasteiger partial charge in [-0.05, 0) is 19.3 Å². The molecule has 2 amide bonds. The van der Waals surface area contributed by atoms with E-state index in [0.717, 1.165) is 25.9 Å². The van der Waals surface area contributed by atoms with Gasteiger partial charge >= 0.3 is 0 Å². The summed E-state index contributed by atoms with van der Waals surface area (Å²) in [6.07, 6.45) is 4.05. The SMILES string of the molecule is CCCCOCCC1CCC(=O)NC1=O. The minimum atomic E-state index is -0.150. The highest BCUT2D eigenvalue weighted by Gasteiger charge is 2.25. The number of unbranched alkanes of at least 4 members (excludes halogenated alkanes) is 1. The molecule has 1 N–H and O–H groups in total. The van der Waals surface area contributed by atoms with Gasteiger partial charge in [0, 0.05) is 25.6 Å². The van der Waals surface area contributed by atoms with E-state index in [0.29, 0.717) is 19.4 Å². The van der Waals surface area contributed by atoms with Crippen molar-refractivity contribution >= 4 is 11.8 Å². The molecule has 0 bridgehead atoms. The Morgan fingerprint density at radius 1 is 1.40 bits per heavy atom. The Labute approximate surface area is 90.4 Å². The molecule has 1 heterocycles. The first-order chi connectivity index (χ1) is 7.24. The molecule has 0 aromatic heterocycles. The standard InChI is InChI=1S/C11H19NO3/c1-2-3-7-15-8-6-9-4-5-10(13)12-11(9)14/h9H,2-8H2,1H3,(H,12,13,14). The van der Waals surface area contributed by atoms with Crippen molar-refractivity contribution in [3.63, 3.8) is 0 Å². The van der Waals surface area contributed by atoms with Gasteiger partial charge in [-0.15, -0.1) is 0 Å². The molecule has 4 nitrogen and oxygen atoms in total. The number of hydrogen-bond acceptors (Lipinski definition) is 3. The normalized spacial score (nSPS) is 21.5. The largest absolute Gasteiger partial charge is 0.381 e. The summed E-state index contributed by atoms with van der Waals surface area (Å²) in [7, 11) is 0. The van der Waals surface area contributed by atoms with Gasteiger partial charge < -0.3 is 4.74 Å². The molecule has 1 unspecified atom stereocenters. The first-order valence-electron chi connectivity index (χ1n) is 5.65. The summed E-state index contributed by atoms with van der Waals surface area (Å²) in [4.78, 5) is 22.2. The van der Waals surface area contributed by atoms with Crippen LogP contribution in [0.1, 0.15) is 39.0 Å². The third-order valence-electron chi connectivity index (χ3n) is 2.61. The van der Waals surface area contributed by atoms with Crippen LogP contribution in [0.2, 0.25) is 0 Å². The van der Waals surface area contributed by atoms with Gasteiger partial charge in [0.15, 0.2) is 0 Å². The minimum absolute atomic E-state index is 0.0377. The van der Waals surface area contributed by atoms with E-state index < -0.39 is 0 Å². The number of hydrogen-bond donors (Lipinski definition) is 1. The first kappa shape index (κ1) is 12.2. The van der Waals surface area contributed by atoms with Crippen LogP contribution in [0, 0.1) is 5.92 Å². The molecule has 15 heavy (non-hydrogen) atoms. The summed E-state index contributed by atoms with van der Waals surface area (Å²) in [6, 6.07) is 0. The van der Waals surface area contributed by atoms with E-state index in [1.807, 2.05) is 0 Å². The molecular formula is C11H19NO3. The summed E-state index contributed by atoms with van der Waals surface area (Å²) in [5.74, 6) is -0.321. The van der Waals surface area contributed by atoms with Gasteiger partial charge in [0.1, 0.15) is 0 Å². The Bertz CT molecular complexity index is 228. The van der Waals surface area contributed by atoms with Crippen molar-refractivity contribution in [1.29, 1.82) is 0 Å². The Balaban J connectivity index is 2.10. The predicted octanol–water partition coefficient (Wildman–Crippen LogP) is 1.25. The van der Waals surface area contributed by atoms with E-state index in [9.17, 15) is 9.59 Å². The zero-order valence-electron chi connectivity index (χ0n) is 9.25. The topological polar surface area (TPSA) is 55.4 Å². The van der Waals surface area contributed by atoms with Gasteiger partial charge in [-0.3, -0.25) is 14.9 Å². The Morgan fingerprint density at radius 2 is 2.20 bits per heavy atom. The molecule has 1 rings (SSSR count). The van der Waals surface area contributed by atoms with Crippen LogP contribution >= 0.6 is 0 Å². The highest BCUT2D eigenvalue weighted by atomic mass is 16.5. The number of carbonyl (C=O) groups is 2. The van der Waals surface area contributed by atoms with Crippen LogP contribution in [0.5, 0.6) is 0 Å². The van der Waals surface area contributed by atoms with Gasteiger partial charge in [-0.2, -0.15) is 0 Å². The highest BCUT2D eigenvalue weighted by molar-refractivity contribution is 5.98. The number of amides is 2. The molecule has 1 atom stereocenters. The molecular weight excluding hydrogens is 194 g/mol. The van der Waals surface area contributed by atoms with Crippen molar-refractivity contribution in [2.75, 3.05) is 13.2 Å². The van der Waals surface area contributed by atoms with Crippen LogP contribution in [0.15, 0.2) is 0 Å². The molecule has 1 aliphatic heterocycles. The number of piperidine rings is 1. The van der Waals surface area contributed by atoms with Crippen LogP contribution in [-0.2, 0) is 14.3 Å². The zero-order chi connectivity index (χ0) is 11.1. The smallest absolute Gasteiger partial charge is 0.229 e. The summed E-state index contributed by atoms with van der Waals surface area (Å²) in [6.45, 7) is 3.50. The monoisotopic (exact) mass is 213 g/mol. The highest BCUT2D eigenvalue weighted by Crippen LogP contribution is 2.15. The van der Waals surface area contributed by atoms with Crippen molar-refractivity contribution in [2.24, 2.45) is 5.92 Å². The average molecular weight is 213 g/mol. The molecule has 0 saturated carbocycles. The lowest BCUT2D eigenvalue weighted by atomic mass is 9.95. The van der Waals surface area contributed by atoms with E-state index in [1.54, 1.807) is 0 Å². The molecule has 4 heteroatoms. The molecule has 0 aliphatic carbocycles. The lowest BCUT2D eigenvalue weighted by Crippen LogP contribution is -2.41. The molecule has 0 spiro atoms. The second-order valence-electron chi connectivity index (χ2n) is 3.90. The summed E-state index contributed by atoms with van der Waals surface area (Å²) in [5, 5.41) is 2.35. The Morgan fingerprint density at radius 3 is 2.87 bits per heavy atom. The van der Waals surface area contributed by atoms with Gasteiger partial charge in [0.25, 0.3) is 0 Å². The molecule has 0 radical (unpaired) electrons. The number of carbonyl (C=O) groups excluding carboxylic acids is 2. The predicted molar refractivity (Wildman–Crippen MR) is 56.2 cm³/mol. The maximum Gasteiger partial charge on any atom is 0.229 e. The Kier molecular flexibility index (Phi) is 5.32. The van der Waals surface area contributed by atoms with Gasteiger partial charge in [-0.25, -0.2) is 0 Å². The Hall–Kier alpha value is -0.900. The lowest BCUT2D eigenvalue weighted by molar-refractivity contribution is -0.136. The summed E-state index contributed by atoms with van der Waals surface area (Å²) < 4.78 is 5.39. The number of rotatable bonds is 6. The maximum absolute atomic E-state index is 11.3. The number of imide groups is 1. The van der Waals surface area contributed by atoms with Crippen LogP contribution in [0.25, 0.3) is 0 Å². The van der Waals surface area contributed by atoms with Crippen LogP contribution in [-0.4, -0.2) is 25.0 Å². The third kappa shape index (κ3) is 4.42. The van der Waals surface area contributed by atoms with Crippen molar-refractivity contribution in [1.82, 2.24) is 5.32 Å². The molecule has 0 aromatic carbocycles. The van der Waals surface area contributed by atoms with E-state index in [4.69, 9.17) is 4.74 Å². The fourth-order valence-electron chi connectivity index (χ4n) is 1.59. The van der Waals surface area contributed by atoms with Crippen molar-refractivity contribution < 1.29 is 14.3 Å². The van der Waals surface area contributed by atoms with E-state index in [2.05, 4.69) is 12.2 Å². The second-order valence-corrected chi connectivity index (χ2v) is 3.90. The fourth-order valence-corrected chi connectivity index (χ4v) is 1.59. The molecule has 1 aliphatic rings. The van der Waals surface area contributed by atoms with Crippen LogP contribution < -0.4 is 5.32 Å². The third-order valence-corrected chi connectivity index (χ3v) is 2.61. The first-order valence-corrected chi connectivity index (χ1v) is 5.65. The van der Waals surface area contributed by atoms with Crippen LogP contribution in [0.3, 0.4) is 0 Å². The zero-order valence-corrected chi connectivity index (χ0v) is 9.25. The van der Waals surface area contributed by atoms with Gasteiger partial charge in [0.05, 0.1) is 0 Å². The second kappa shape index (κ2) is 6.56. The van der Waals surface area contributed by atoms with E-state index in [-0.39, 0.29) is 17.7 Å². The number of ether oxygens (including phenoxy) is 1. The average Bonchev–Trinajstić information content (AvgIpc) is 2.20. The van der Waals surface area contributed by atoms with Crippen molar-refractivity contribution in [3.8, 4) is 0 Å². The number of nitrogens with one attached hydrogen (secondary N) is 1.